The minimum absolute atomic E-state index is 0.0331. The van der Waals surface area contributed by atoms with Crippen molar-refractivity contribution in [3.8, 4) is 0 Å². The van der Waals surface area contributed by atoms with Crippen molar-refractivity contribution in [2.45, 2.75) is 71.6 Å². The second-order valence-electron chi connectivity index (χ2n) is 9.15. The minimum atomic E-state index is -0.983. The van der Waals surface area contributed by atoms with Crippen molar-refractivity contribution in [3.05, 3.63) is 12.7 Å². The number of hydrogen-bond acceptors (Lipinski definition) is 4. The molecule has 2 rings (SSSR count). The average Bonchev–Trinajstić information content (AvgIpc) is 2.90. The summed E-state index contributed by atoms with van der Waals surface area (Å²) in [5.74, 6) is -1.17. The quantitative estimate of drug-likeness (QED) is 0.523. The summed E-state index contributed by atoms with van der Waals surface area (Å²) >= 11 is 0. The van der Waals surface area contributed by atoms with Gasteiger partial charge in [0, 0.05) is 12.5 Å². The highest BCUT2D eigenvalue weighted by Gasteiger charge is 2.69. The van der Waals surface area contributed by atoms with Crippen molar-refractivity contribution in [2.75, 3.05) is 6.54 Å². The number of rotatable bonds is 7. The summed E-state index contributed by atoms with van der Waals surface area (Å²) in [6.07, 6.45) is 2.87. The molecule has 1 heterocycles. The number of carboxylic acids is 1. The average molecular weight is 380 g/mol. The van der Waals surface area contributed by atoms with E-state index in [0.717, 1.165) is 0 Å². The number of carbonyl (C=O) groups is 3. The largest absolute Gasteiger partial charge is 0.480 e. The van der Waals surface area contributed by atoms with Gasteiger partial charge in [-0.15, -0.1) is 6.58 Å². The molecule has 1 aliphatic carbocycles. The molecule has 0 aromatic rings. The van der Waals surface area contributed by atoms with Gasteiger partial charge in [0.05, 0.1) is 0 Å². The maximum absolute atomic E-state index is 13.1. The number of fused-ring (bicyclic) bond motifs is 1. The van der Waals surface area contributed by atoms with E-state index in [1.165, 1.54) is 4.90 Å². The molecule has 0 aromatic heterocycles. The van der Waals surface area contributed by atoms with Gasteiger partial charge >= 0.3 is 12.1 Å². The summed E-state index contributed by atoms with van der Waals surface area (Å²) in [5, 5.41) is 12.3. The number of unbranched alkanes of at least 4 members (excludes halogenated alkanes) is 1. The first-order valence-electron chi connectivity index (χ1n) is 9.54. The van der Waals surface area contributed by atoms with Crippen molar-refractivity contribution in [1.82, 2.24) is 10.2 Å². The van der Waals surface area contributed by atoms with Crippen molar-refractivity contribution >= 4 is 18.0 Å². The van der Waals surface area contributed by atoms with Crippen molar-refractivity contribution < 1.29 is 24.2 Å². The van der Waals surface area contributed by atoms with E-state index in [1.807, 2.05) is 13.8 Å². The Morgan fingerprint density at radius 3 is 2.52 bits per heavy atom. The normalized spacial score (nSPS) is 26.7. The van der Waals surface area contributed by atoms with Crippen LogP contribution in [-0.2, 0) is 14.3 Å². The predicted molar refractivity (Wildman–Crippen MR) is 101 cm³/mol. The van der Waals surface area contributed by atoms with E-state index in [1.54, 1.807) is 26.8 Å². The van der Waals surface area contributed by atoms with Crippen molar-refractivity contribution in [1.29, 1.82) is 0 Å². The molecule has 2 N–H and O–H groups in total. The zero-order chi connectivity index (χ0) is 20.6. The van der Waals surface area contributed by atoms with Gasteiger partial charge in [-0.3, -0.25) is 4.79 Å². The molecular formula is C20H32N2O5. The van der Waals surface area contributed by atoms with Gasteiger partial charge in [0.1, 0.15) is 17.7 Å². The van der Waals surface area contributed by atoms with E-state index in [9.17, 15) is 19.5 Å². The summed E-state index contributed by atoms with van der Waals surface area (Å²) in [4.78, 5) is 38.5. The van der Waals surface area contributed by atoms with Crippen LogP contribution in [0.5, 0.6) is 0 Å². The van der Waals surface area contributed by atoms with Gasteiger partial charge < -0.3 is 20.1 Å². The van der Waals surface area contributed by atoms with Crippen molar-refractivity contribution in [2.24, 2.45) is 17.3 Å². The number of likely N-dealkylation sites (tertiary alicyclic amines) is 1. The number of hydrogen-bond donors (Lipinski definition) is 2. The molecule has 152 valence electrons. The van der Waals surface area contributed by atoms with Crippen LogP contribution in [0.15, 0.2) is 12.7 Å². The van der Waals surface area contributed by atoms with E-state index >= 15 is 0 Å². The maximum atomic E-state index is 13.1. The fourth-order valence-electron chi connectivity index (χ4n) is 4.17. The Bertz CT molecular complexity index is 622. The molecular weight excluding hydrogens is 348 g/mol. The molecule has 2 aliphatic rings. The van der Waals surface area contributed by atoms with Gasteiger partial charge in [-0.1, -0.05) is 19.9 Å². The molecule has 0 unspecified atom stereocenters. The third-order valence-electron chi connectivity index (χ3n) is 5.63. The smallest absolute Gasteiger partial charge is 0.408 e. The lowest BCUT2D eigenvalue weighted by Crippen LogP contribution is -2.54. The van der Waals surface area contributed by atoms with Crippen LogP contribution in [0, 0.1) is 17.3 Å². The van der Waals surface area contributed by atoms with Crippen LogP contribution in [-0.4, -0.2) is 52.2 Å². The minimum Gasteiger partial charge on any atom is -0.480 e. The number of amides is 2. The lowest BCUT2D eigenvalue weighted by Gasteiger charge is -2.32. The van der Waals surface area contributed by atoms with E-state index in [0.29, 0.717) is 25.8 Å². The summed E-state index contributed by atoms with van der Waals surface area (Å²) in [5.41, 5.74) is -0.738. The second kappa shape index (κ2) is 7.52. The molecule has 2 fully saturated rings. The molecule has 0 spiro atoms. The first-order chi connectivity index (χ1) is 12.4. The number of carboxylic acid groups (broad SMARTS) is 1. The SMILES string of the molecule is C=CCCC[C@H](NC(=O)OC(C)(C)C)C(=O)N1C[C@H]2[C@@H]([C@H]1C(=O)O)C2(C)C. The van der Waals surface area contributed by atoms with Gasteiger partial charge in [-0.2, -0.15) is 0 Å². The number of ether oxygens (including phenoxy) is 1. The number of nitrogens with one attached hydrogen (secondary N) is 1. The fraction of sp³-hybridized carbons (Fsp3) is 0.750. The lowest BCUT2D eigenvalue weighted by molar-refractivity contribution is -0.151. The maximum Gasteiger partial charge on any atom is 0.408 e. The number of aliphatic carboxylic acids is 1. The van der Waals surface area contributed by atoms with Gasteiger partial charge in [-0.05, 0) is 51.4 Å². The Morgan fingerprint density at radius 2 is 2.00 bits per heavy atom. The predicted octanol–water partition coefficient (Wildman–Crippen LogP) is 2.80. The van der Waals surface area contributed by atoms with Crippen LogP contribution in [0.3, 0.4) is 0 Å². The first kappa shape index (κ1) is 21.3. The van der Waals surface area contributed by atoms with Crippen LogP contribution < -0.4 is 5.32 Å². The number of nitrogens with zero attached hydrogens (tertiary/aromatic N) is 1. The summed E-state index contributed by atoms with van der Waals surface area (Å²) in [7, 11) is 0. The standard InChI is InChI=1S/C20H32N2O5/c1-7-8-9-10-13(21-18(26)27-19(2,3)4)16(23)22-11-12-14(20(12,5)6)15(22)17(24)25/h7,12-15H,1,8-11H2,2-6H3,(H,21,26)(H,24,25)/t12-,13-,14-,15-/m0/s1. The molecule has 0 radical (unpaired) electrons. The highest BCUT2D eigenvalue weighted by Crippen LogP contribution is 2.64. The highest BCUT2D eigenvalue weighted by atomic mass is 16.6. The molecule has 1 saturated heterocycles. The highest BCUT2D eigenvalue weighted by molar-refractivity contribution is 5.90. The molecule has 27 heavy (non-hydrogen) atoms. The summed E-state index contributed by atoms with van der Waals surface area (Å²) in [6, 6.07) is -1.64. The second-order valence-corrected chi connectivity index (χ2v) is 9.15. The van der Waals surface area contributed by atoms with Gasteiger partial charge in [-0.25, -0.2) is 9.59 Å². The van der Waals surface area contributed by atoms with E-state index < -0.39 is 29.7 Å². The lowest BCUT2D eigenvalue weighted by atomic mass is 9.99. The molecule has 1 saturated carbocycles. The Labute approximate surface area is 161 Å². The Hall–Kier alpha value is -2.05. The zero-order valence-electron chi connectivity index (χ0n) is 16.9. The van der Waals surface area contributed by atoms with Crippen LogP contribution in [0.2, 0.25) is 0 Å². The van der Waals surface area contributed by atoms with E-state index in [2.05, 4.69) is 11.9 Å². The molecule has 1 aliphatic heterocycles. The Balaban J connectivity index is 2.12. The van der Waals surface area contributed by atoms with Crippen LogP contribution in [0.1, 0.15) is 53.9 Å². The Morgan fingerprint density at radius 1 is 1.37 bits per heavy atom. The number of piperidine rings is 1. The summed E-state index contributed by atoms with van der Waals surface area (Å²) < 4.78 is 5.27. The third kappa shape index (κ3) is 4.62. The molecule has 7 nitrogen and oxygen atoms in total. The van der Waals surface area contributed by atoms with Gasteiger partial charge in [0.15, 0.2) is 0 Å². The number of carbonyl (C=O) groups excluding carboxylic acids is 2. The van der Waals surface area contributed by atoms with E-state index in [-0.39, 0.29) is 23.2 Å². The van der Waals surface area contributed by atoms with Crippen LogP contribution in [0.4, 0.5) is 4.79 Å². The zero-order valence-corrected chi connectivity index (χ0v) is 16.9. The molecule has 0 aromatic carbocycles. The topological polar surface area (TPSA) is 95.9 Å². The van der Waals surface area contributed by atoms with Gasteiger partial charge in [0.2, 0.25) is 5.91 Å². The summed E-state index contributed by atoms with van der Waals surface area (Å²) in [6.45, 7) is 13.4. The molecule has 0 bridgehead atoms. The van der Waals surface area contributed by atoms with E-state index in [4.69, 9.17) is 4.74 Å². The molecule has 4 atom stereocenters. The van der Waals surface area contributed by atoms with Crippen molar-refractivity contribution in [3.63, 3.8) is 0 Å². The monoisotopic (exact) mass is 380 g/mol. The van der Waals surface area contributed by atoms with Crippen LogP contribution >= 0.6 is 0 Å². The molecule has 7 heteroatoms. The molecule has 2 amide bonds. The third-order valence-corrected chi connectivity index (χ3v) is 5.63. The first-order valence-corrected chi connectivity index (χ1v) is 9.54. The number of alkyl carbamates (subject to hydrolysis) is 1. The fourth-order valence-corrected chi connectivity index (χ4v) is 4.17. The Kier molecular flexibility index (Phi) is 5.92. The van der Waals surface area contributed by atoms with Gasteiger partial charge in [0.25, 0.3) is 0 Å². The number of allylic oxidation sites excluding steroid dienone is 1. The van der Waals surface area contributed by atoms with Crippen LogP contribution in [0.25, 0.3) is 0 Å².